The number of carbonyl (C=O) groups is 3. The van der Waals surface area contributed by atoms with Gasteiger partial charge in [0.15, 0.2) is 0 Å². The van der Waals surface area contributed by atoms with Crippen molar-refractivity contribution in [2.24, 2.45) is 0 Å². The summed E-state index contributed by atoms with van der Waals surface area (Å²) in [5, 5.41) is 5.39. The number of benzene rings is 1. The van der Waals surface area contributed by atoms with Crippen molar-refractivity contribution in [2.75, 3.05) is 18.5 Å². The fourth-order valence-electron chi connectivity index (χ4n) is 2.73. The van der Waals surface area contributed by atoms with Gasteiger partial charge in [-0.25, -0.2) is 4.79 Å². The van der Waals surface area contributed by atoms with E-state index in [2.05, 4.69) is 10.6 Å². The normalized spacial score (nSPS) is 16.0. The lowest BCUT2D eigenvalue weighted by Crippen LogP contribution is -2.46. The van der Waals surface area contributed by atoms with E-state index in [1.54, 1.807) is 24.3 Å². The van der Waals surface area contributed by atoms with Gasteiger partial charge in [-0.05, 0) is 31.9 Å². The number of urea groups is 1. The van der Waals surface area contributed by atoms with E-state index < -0.39 is 17.5 Å². The van der Waals surface area contributed by atoms with E-state index in [0.29, 0.717) is 30.9 Å². The number of rotatable bonds is 7. The highest BCUT2D eigenvalue weighted by Gasteiger charge is 2.49. The first-order valence-corrected chi connectivity index (χ1v) is 8.13. The molecular weight excluding hydrogens is 310 g/mol. The molecule has 1 aromatic rings. The monoisotopic (exact) mass is 333 g/mol. The summed E-state index contributed by atoms with van der Waals surface area (Å²) in [5.74, 6) is -0.263. The molecular formula is C17H23N3O4. The highest BCUT2D eigenvalue weighted by Crippen LogP contribution is 2.26. The van der Waals surface area contributed by atoms with Crippen LogP contribution in [-0.2, 0) is 9.59 Å². The van der Waals surface area contributed by atoms with Crippen LogP contribution in [0.25, 0.3) is 0 Å². The van der Waals surface area contributed by atoms with Crippen molar-refractivity contribution in [3.05, 3.63) is 24.3 Å². The highest BCUT2D eigenvalue weighted by atomic mass is 16.5. The zero-order valence-corrected chi connectivity index (χ0v) is 14.2. The van der Waals surface area contributed by atoms with Crippen LogP contribution in [0.2, 0.25) is 0 Å². The molecule has 1 aliphatic heterocycles. The van der Waals surface area contributed by atoms with Gasteiger partial charge in [-0.3, -0.25) is 14.5 Å². The fraction of sp³-hybridized carbons (Fsp3) is 0.471. The van der Waals surface area contributed by atoms with Crippen molar-refractivity contribution in [2.45, 2.75) is 39.2 Å². The summed E-state index contributed by atoms with van der Waals surface area (Å²) in [5.41, 5.74) is -0.394. The molecule has 2 rings (SSSR count). The Hall–Kier alpha value is -2.57. The van der Waals surface area contributed by atoms with Crippen molar-refractivity contribution in [3.63, 3.8) is 0 Å². The minimum atomic E-state index is -0.902. The van der Waals surface area contributed by atoms with E-state index in [1.165, 1.54) is 0 Å². The van der Waals surface area contributed by atoms with Crippen molar-refractivity contribution in [1.29, 1.82) is 0 Å². The summed E-state index contributed by atoms with van der Waals surface area (Å²) in [6.07, 6.45) is 0.971. The topological polar surface area (TPSA) is 87.7 Å². The molecule has 7 heteroatoms. The first-order valence-electron chi connectivity index (χ1n) is 8.13. The maximum absolute atomic E-state index is 12.5. The van der Waals surface area contributed by atoms with Gasteiger partial charge in [-0.15, -0.1) is 0 Å². The highest BCUT2D eigenvalue weighted by molar-refractivity contribution is 6.10. The molecule has 0 unspecified atom stereocenters. The Morgan fingerprint density at radius 1 is 1.21 bits per heavy atom. The summed E-state index contributed by atoms with van der Waals surface area (Å²) in [6.45, 7) is 5.66. The summed E-state index contributed by atoms with van der Waals surface area (Å²) in [7, 11) is 0. The average Bonchev–Trinajstić information content (AvgIpc) is 2.81. The quantitative estimate of drug-likeness (QED) is 0.748. The Balaban J connectivity index is 2.08. The molecule has 1 aliphatic rings. The van der Waals surface area contributed by atoms with E-state index >= 15 is 0 Å². The van der Waals surface area contributed by atoms with Gasteiger partial charge in [0.1, 0.15) is 17.8 Å². The lowest BCUT2D eigenvalue weighted by molar-refractivity contribution is -0.134. The van der Waals surface area contributed by atoms with Gasteiger partial charge < -0.3 is 15.4 Å². The van der Waals surface area contributed by atoms with Gasteiger partial charge in [0.2, 0.25) is 5.91 Å². The molecule has 0 spiro atoms. The van der Waals surface area contributed by atoms with Gasteiger partial charge in [-0.1, -0.05) is 26.0 Å². The number of anilines is 1. The molecule has 2 N–H and O–H groups in total. The number of amides is 4. The maximum atomic E-state index is 12.5. The van der Waals surface area contributed by atoms with Crippen molar-refractivity contribution in [3.8, 4) is 5.75 Å². The fourth-order valence-corrected chi connectivity index (χ4v) is 2.73. The van der Waals surface area contributed by atoms with E-state index in [9.17, 15) is 14.4 Å². The third-order valence-electron chi connectivity index (χ3n) is 4.22. The lowest BCUT2D eigenvalue weighted by atomic mass is 9.93. The third kappa shape index (κ3) is 3.34. The predicted octanol–water partition coefficient (Wildman–Crippen LogP) is 2.13. The standard InChI is InChI=1S/C17H23N3O4/c1-4-17(5-2)15(22)20(16(23)19-17)11-14(21)18-12-9-7-8-10-13(12)24-6-3/h7-10H,4-6,11H2,1-3H3,(H,18,21)(H,19,23). The zero-order chi connectivity index (χ0) is 17.7. The van der Waals surface area contributed by atoms with Crippen LogP contribution in [0.3, 0.4) is 0 Å². The Morgan fingerprint density at radius 2 is 1.88 bits per heavy atom. The van der Waals surface area contributed by atoms with Crippen LogP contribution in [0.15, 0.2) is 24.3 Å². The summed E-state index contributed by atoms with van der Waals surface area (Å²) < 4.78 is 5.44. The van der Waals surface area contributed by atoms with Crippen LogP contribution in [0.1, 0.15) is 33.6 Å². The molecule has 0 aliphatic carbocycles. The second-order valence-electron chi connectivity index (χ2n) is 5.59. The molecule has 0 bridgehead atoms. The van der Waals surface area contributed by atoms with E-state index in [1.807, 2.05) is 20.8 Å². The SMILES string of the molecule is CCOc1ccccc1NC(=O)CN1C(=O)NC(CC)(CC)C1=O. The molecule has 4 amide bonds. The Bertz CT molecular complexity index is 640. The Labute approximate surface area is 141 Å². The summed E-state index contributed by atoms with van der Waals surface area (Å²) in [4.78, 5) is 37.8. The van der Waals surface area contributed by atoms with E-state index in [0.717, 1.165) is 4.90 Å². The predicted molar refractivity (Wildman–Crippen MR) is 89.8 cm³/mol. The third-order valence-corrected chi connectivity index (χ3v) is 4.22. The molecule has 7 nitrogen and oxygen atoms in total. The number of nitrogens with zero attached hydrogens (tertiary/aromatic N) is 1. The van der Waals surface area contributed by atoms with Crippen LogP contribution < -0.4 is 15.4 Å². The number of hydrogen-bond donors (Lipinski definition) is 2. The van der Waals surface area contributed by atoms with Crippen molar-refractivity contribution in [1.82, 2.24) is 10.2 Å². The van der Waals surface area contributed by atoms with Gasteiger partial charge in [-0.2, -0.15) is 0 Å². The second-order valence-corrected chi connectivity index (χ2v) is 5.59. The van der Waals surface area contributed by atoms with Crippen LogP contribution in [0.4, 0.5) is 10.5 Å². The molecule has 0 aromatic heterocycles. The maximum Gasteiger partial charge on any atom is 0.325 e. The molecule has 1 heterocycles. The van der Waals surface area contributed by atoms with Crippen molar-refractivity contribution < 1.29 is 19.1 Å². The molecule has 130 valence electrons. The number of nitrogens with one attached hydrogen (secondary N) is 2. The van der Waals surface area contributed by atoms with E-state index in [-0.39, 0.29) is 12.5 Å². The average molecular weight is 333 g/mol. The number of imide groups is 1. The second kappa shape index (κ2) is 7.33. The first-order chi connectivity index (χ1) is 11.5. The van der Waals surface area contributed by atoms with Crippen LogP contribution >= 0.6 is 0 Å². The van der Waals surface area contributed by atoms with Gasteiger partial charge in [0.25, 0.3) is 5.91 Å². The van der Waals surface area contributed by atoms with Gasteiger partial charge >= 0.3 is 6.03 Å². The number of ether oxygens (including phenoxy) is 1. The largest absolute Gasteiger partial charge is 0.492 e. The number of carbonyl (C=O) groups excluding carboxylic acids is 3. The Morgan fingerprint density at radius 3 is 2.46 bits per heavy atom. The van der Waals surface area contributed by atoms with Crippen molar-refractivity contribution >= 4 is 23.5 Å². The number of hydrogen-bond acceptors (Lipinski definition) is 4. The van der Waals surface area contributed by atoms with Crippen LogP contribution in [0, 0.1) is 0 Å². The summed E-state index contributed by atoms with van der Waals surface area (Å²) in [6, 6.07) is 6.49. The smallest absolute Gasteiger partial charge is 0.325 e. The Kier molecular flexibility index (Phi) is 5.43. The molecule has 1 aromatic carbocycles. The minimum Gasteiger partial charge on any atom is -0.492 e. The molecule has 1 saturated heterocycles. The van der Waals surface area contributed by atoms with Crippen LogP contribution in [0.5, 0.6) is 5.75 Å². The van der Waals surface area contributed by atoms with Crippen LogP contribution in [-0.4, -0.2) is 41.4 Å². The minimum absolute atomic E-state index is 0.327. The molecule has 1 fully saturated rings. The lowest BCUT2D eigenvalue weighted by Gasteiger charge is -2.23. The molecule has 0 atom stereocenters. The first kappa shape index (κ1) is 17.8. The molecule has 24 heavy (non-hydrogen) atoms. The van der Waals surface area contributed by atoms with Gasteiger partial charge in [0, 0.05) is 0 Å². The van der Waals surface area contributed by atoms with E-state index in [4.69, 9.17) is 4.74 Å². The van der Waals surface area contributed by atoms with Gasteiger partial charge in [0.05, 0.1) is 12.3 Å². The zero-order valence-electron chi connectivity index (χ0n) is 14.2. The molecule has 0 radical (unpaired) electrons. The summed E-state index contributed by atoms with van der Waals surface area (Å²) >= 11 is 0. The number of para-hydroxylation sites is 2. The molecule has 0 saturated carbocycles.